The van der Waals surface area contributed by atoms with Gasteiger partial charge in [0.2, 0.25) is 0 Å². The van der Waals surface area contributed by atoms with Gasteiger partial charge in [0, 0.05) is 26.2 Å². The van der Waals surface area contributed by atoms with Gasteiger partial charge >= 0.3 is 0 Å². The van der Waals surface area contributed by atoms with Crippen LogP contribution in [0.3, 0.4) is 0 Å². The summed E-state index contributed by atoms with van der Waals surface area (Å²) in [5, 5.41) is 15.7. The second-order valence-corrected chi connectivity index (χ2v) is 4.57. The molecule has 0 radical (unpaired) electrons. The molecule has 0 aliphatic heterocycles. The maximum Gasteiger partial charge on any atom is 0.0636 e. The molecule has 1 rings (SSSR count). The Hall–Kier alpha value is -0.900. The minimum absolute atomic E-state index is 0.266. The molecule has 0 aromatic heterocycles. The molecule has 1 aromatic rings. The molecule has 0 heterocycles. The predicted octanol–water partition coefficient (Wildman–Crippen LogP) is 1.35. The number of aliphatic hydroxyl groups is 1. The van der Waals surface area contributed by atoms with Gasteiger partial charge < -0.3 is 15.7 Å². The van der Waals surface area contributed by atoms with Crippen molar-refractivity contribution in [1.82, 2.24) is 10.6 Å². The molecule has 0 bridgehead atoms. The molecule has 0 amide bonds. The van der Waals surface area contributed by atoms with Gasteiger partial charge in [-0.05, 0) is 18.4 Å². The van der Waals surface area contributed by atoms with Crippen molar-refractivity contribution in [3.63, 3.8) is 0 Å². The molecule has 2 unspecified atom stereocenters. The van der Waals surface area contributed by atoms with Gasteiger partial charge in [0.15, 0.2) is 0 Å². The first kappa shape index (κ1) is 14.2. The van der Waals surface area contributed by atoms with E-state index in [1.165, 1.54) is 5.56 Å². The van der Waals surface area contributed by atoms with Crippen molar-refractivity contribution in [3.05, 3.63) is 35.9 Å². The van der Waals surface area contributed by atoms with E-state index in [9.17, 15) is 0 Å². The Balaban J connectivity index is 2.07. The van der Waals surface area contributed by atoms with Crippen LogP contribution in [0.4, 0.5) is 0 Å². The van der Waals surface area contributed by atoms with Crippen molar-refractivity contribution in [1.29, 1.82) is 0 Å². The normalized spacial score (nSPS) is 14.5. The topological polar surface area (TPSA) is 44.3 Å². The molecule has 0 saturated heterocycles. The van der Waals surface area contributed by atoms with Crippen LogP contribution in [0.25, 0.3) is 0 Å². The van der Waals surface area contributed by atoms with Crippen LogP contribution >= 0.6 is 0 Å². The van der Waals surface area contributed by atoms with Gasteiger partial charge in [0.05, 0.1) is 6.10 Å². The highest BCUT2D eigenvalue weighted by atomic mass is 16.3. The Bertz CT molecular complexity index is 288. The van der Waals surface area contributed by atoms with Crippen molar-refractivity contribution < 1.29 is 5.11 Å². The number of aliphatic hydroxyl groups excluding tert-OH is 1. The molecule has 0 saturated carbocycles. The van der Waals surface area contributed by atoms with Gasteiger partial charge in [-0.15, -0.1) is 0 Å². The average Bonchev–Trinajstić information content (AvgIpc) is 2.34. The fourth-order valence-electron chi connectivity index (χ4n) is 1.71. The first-order chi connectivity index (χ1) is 8.20. The van der Waals surface area contributed by atoms with E-state index in [0.29, 0.717) is 12.5 Å². The summed E-state index contributed by atoms with van der Waals surface area (Å²) in [6.45, 7) is 7.50. The summed E-state index contributed by atoms with van der Waals surface area (Å²) in [6, 6.07) is 10.5. The van der Waals surface area contributed by atoms with Crippen LogP contribution in [0.15, 0.2) is 30.3 Å². The second-order valence-electron chi connectivity index (χ2n) is 4.57. The Labute approximate surface area is 104 Å². The molecule has 0 aliphatic rings. The average molecular weight is 236 g/mol. The van der Waals surface area contributed by atoms with Gasteiger partial charge in [-0.25, -0.2) is 0 Å². The number of hydrogen-bond donors (Lipinski definition) is 3. The van der Waals surface area contributed by atoms with E-state index in [4.69, 9.17) is 5.11 Å². The van der Waals surface area contributed by atoms with Crippen LogP contribution in [-0.2, 0) is 0 Å². The maximum absolute atomic E-state index is 9.06. The minimum atomic E-state index is -0.266. The van der Waals surface area contributed by atoms with Crippen LogP contribution in [0.1, 0.15) is 25.3 Å². The first-order valence-corrected chi connectivity index (χ1v) is 6.34. The van der Waals surface area contributed by atoms with E-state index in [2.05, 4.69) is 41.8 Å². The van der Waals surface area contributed by atoms with Gasteiger partial charge in [-0.1, -0.05) is 37.3 Å². The smallest absolute Gasteiger partial charge is 0.0636 e. The Kier molecular flexibility index (Phi) is 6.86. The zero-order valence-electron chi connectivity index (χ0n) is 10.8. The highest BCUT2D eigenvalue weighted by Gasteiger charge is 2.03. The van der Waals surface area contributed by atoms with Crippen molar-refractivity contribution in [3.8, 4) is 0 Å². The quantitative estimate of drug-likeness (QED) is 0.597. The molecule has 3 N–H and O–H groups in total. The number of hydrogen-bond acceptors (Lipinski definition) is 3. The summed E-state index contributed by atoms with van der Waals surface area (Å²) in [5.41, 5.74) is 1.37. The zero-order valence-corrected chi connectivity index (χ0v) is 10.8. The zero-order chi connectivity index (χ0) is 12.5. The highest BCUT2D eigenvalue weighted by Crippen LogP contribution is 2.12. The Morgan fingerprint density at radius 1 is 1.00 bits per heavy atom. The van der Waals surface area contributed by atoms with Crippen LogP contribution in [0.2, 0.25) is 0 Å². The van der Waals surface area contributed by atoms with E-state index >= 15 is 0 Å². The molecule has 3 heteroatoms. The Morgan fingerprint density at radius 3 is 2.18 bits per heavy atom. The lowest BCUT2D eigenvalue weighted by molar-refractivity contribution is 0.191. The van der Waals surface area contributed by atoms with Gasteiger partial charge in [-0.2, -0.15) is 0 Å². The molecule has 0 aliphatic carbocycles. The standard InChI is InChI=1S/C14H24N2O/c1-12(14-6-4-3-5-7-14)10-15-8-9-16-11-13(2)17/h3-7,12-13,15-17H,8-11H2,1-2H3. The largest absolute Gasteiger partial charge is 0.392 e. The monoisotopic (exact) mass is 236 g/mol. The summed E-state index contributed by atoms with van der Waals surface area (Å²) < 4.78 is 0. The van der Waals surface area contributed by atoms with Crippen LogP contribution in [-0.4, -0.2) is 37.4 Å². The van der Waals surface area contributed by atoms with Crippen molar-refractivity contribution in [2.45, 2.75) is 25.9 Å². The summed E-state index contributed by atoms with van der Waals surface area (Å²) in [7, 11) is 0. The van der Waals surface area contributed by atoms with Gasteiger partial charge in [-0.3, -0.25) is 0 Å². The third-order valence-electron chi connectivity index (χ3n) is 2.74. The number of rotatable bonds is 8. The maximum atomic E-state index is 9.06. The van der Waals surface area contributed by atoms with E-state index in [-0.39, 0.29) is 6.10 Å². The molecular formula is C14H24N2O. The van der Waals surface area contributed by atoms with Crippen LogP contribution in [0.5, 0.6) is 0 Å². The molecule has 0 spiro atoms. The van der Waals surface area contributed by atoms with E-state index in [0.717, 1.165) is 19.6 Å². The summed E-state index contributed by atoms with van der Waals surface area (Å²) in [4.78, 5) is 0. The van der Waals surface area contributed by atoms with Crippen molar-refractivity contribution in [2.75, 3.05) is 26.2 Å². The third-order valence-corrected chi connectivity index (χ3v) is 2.74. The molecule has 2 atom stereocenters. The lowest BCUT2D eigenvalue weighted by Gasteiger charge is -2.13. The number of nitrogens with one attached hydrogen (secondary N) is 2. The minimum Gasteiger partial charge on any atom is -0.392 e. The summed E-state index contributed by atoms with van der Waals surface area (Å²) in [6.07, 6.45) is -0.266. The van der Waals surface area contributed by atoms with Crippen molar-refractivity contribution >= 4 is 0 Å². The van der Waals surface area contributed by atoms with E-state index in [1.807, 2.05) is 6.07 Å². The van der Waals surface area contributed by atoms with Crippen LogP contribution < -0.4 is 10.6 Å². The molecular weight excluding hydrogens is 212 g/mol. The molecule has 17 heavy (non-hydrogen) atoms. The predicted molar refractivity (Wildman–Crippen MR) is 72.3 cm³/mol. The van der Waals surface area contributed by atoms with E-state index < -0.39 is 0 Å². The molecule has 1 aromatic carbocycles. The fraction of sp³-hybridized carbons (Fsp3) is 0.571. The lowest BCUT2D eigenvalue weighted by atomic mass is 10.0. The summed E-state index contributed by atoms with van der Waals surface area (Å²) in [5.74, 6) is 0.535. The van der Waals surface area contributed by atoms with Gasteiger partial charge in [0.25, 0.3) is 0 Å². The van der Waals surface area contributed by atoms with Crippen LogP contribution in [0, 0.1) is 0 Å². The third kappa shape index (κ3) is 6.41. The van der Waals surface area contributed by atoms with E-state index in [1.54, 1.807) is 6.92 Å². The first-order valence-electron chi connectivity index (χ1n) is 6.34. The molecule has 0 fully saturated rings. The Morgan fingerprint density at radius 2 is 1.59 bits per heavy atom. The molecule has 96 valence electrons. The second kappa shape index (κ2) is 8.23. The molecule has 3 nitrogen and oxygen atoms in total. The number of benzene rings is 1. The SMILES string of the molecule is CC(O)CNCCNCC(C)c1ccccc1. The van der Waals surface area contributed by atoms with Crippen molar-refractivity contribution in [2.24, 2.45) is 0 Å². The lowest BCUT2D eigenvalue weighted by Crippen LogP contribution is -2.33. The summed E-state index contributed by atoms with van der Waals surface area (Å²) >= 11 is 0. The highest BCUT2D eigenvalue weighted by molar-refractivity contribution is 5.18. The fourth-order valence-corrected chi connectivity index (χ4v) is 1.71. The van der Waals surface area contributed by atoms with Gasteiger partial charge in [0.1, 0.15) is 0 Å².